The molecule has 1 aromatic carbocycles. The van der Waals surface area contributed by atoms with E-state index in [2.05, 4.69) is 0 Å². The highest BCUT2D eigenvalue weighted by Crippen LogP contribution is 2.20. The quantitative estimate of drug-likeness (QED) is 0.686. The van der Waals surface area contributed by atoms with Crippen molar-refractivity contribution in [1.82, 2.24) is 0 Å². The van der Waals surface area contributed by atoms with Crippen LogP contribution >= 0.6 is 0 Å². The van der Waals surface area contributed by atoms with Gasteiger partial charge in [-0.15, -0.1) is 0 Å². The van der Waals surface area contributed by atoms with Crippen LogP contribution in [0.1, 0.15) is 11.1 Å². The Morgan fingerprint density at radius 1 is 1.33 bits per heavy atom. The first-order valence-electron chi connectivity index (χ1n) is 4.37. The average molecular weight is 198 g/mol. The van der Waals surface area contributed by atoms with Crippen LogP contribution in [0.3, 0.4) is 0 Å². The van der Waals surface area contributed by atoms with Crippen molar-refractivity contribution in [2.24, 2.45) is 0 Å². The number of hydrogen-bond donors (Lipinski definition) is 0. The fourth-order valence-corrected chi connectivity index (χ4v) is 1.18. The van der Waals surface area contributed by atoms with Gasteiger partial charge in [-0.3, -0.25) is 0 Å². The maximum absolute atomic E-state index is 8.60. The minimum atomic E-state index is 0.0842. The Kier molecular flexibility index (Phi) is 3.49. The summed E-state index contributed by atoms with van der Waals surface area (Å²) in [4.78, 5) is 0. The molecular weight excluding hydrogens is 188 g/mol. The van der Waals surface area contributed by atoms with Gasteiger partial charge in [-0.25, -0.2) is 0 Å². The molecule has 74 valence electrons. The molecule has 15 heavy (non-hydrogen) atoms. The highest BCUT2D eigenvalue weighted by atomic mass is 16.5. The number of ether oxygens (including phenoxy) is 1. The van der Waals surface area contributed by atoms with Crippen molar-refractivity contribution >= 4 is 6.08 Å². The fourth-order valence-electron chi connectivity index (χ4n) is 1.18. The highest BCUT2D eigenvalue weighted by Gasteiger charge is 1.99. The summed E-state index contributed by atoms with van der Waals surface area (Å²) in [5.74, 6) is 0.749. The lowest BCUT2D eigenvalue weighted by molar-refractivity contribution is 0.411. The van der Waals surface area contributed by atoms with Crippen molar-refractivity contribution < 1.29 is 4.74 Å². The van der Waals surface area contributed by atoms with E-state index in [-0.39, 0.29) is 5.57 Å². The maximum Gasteiger partial charge on any atom is 0.130 e. The lowest BCUT2D eigenvalue weighted by Crippen LogP contribution is -1.87. The van der Waals surface area contributed by atoms with Gasteiger partial charge in [-0.05, 0) is 30.2 Å². The van der Waals surface area contributed by atoms with Crippen molar-refractivity contribution in [3.8, 4) is 17.9 Å². The van der Waals surface area contributed by atoms with E-state index in [4.69, 9.17) is 15.3 Å². The van der Waals surface area contributed by atoms with E-state index in [1.165, 1.54) is 6.08 Å². The molecule has 0 aliphatic rings. The maximum atomic E-state index is 8.60. The number of aryl methyl sites for hydroxylation is 1. The van der Waals surface area contributed by atoms with Crippen LogP contribution in [0.5, 0.6) is 5.75 Å². The number of hydrogen-bond acceptors (Lipinski definition) is 3. The van der Waals surface area contributed by atoms with Gasteiger partial charge in [-0.1, -0.05) is 12.1 Å². The van der Waals surface area contributed by atoms with Crippen LogP contribution in [0, 0.1) is 29.6 Å². The molecule has 0 atom stereocenters. The number of benzene rings is 1. The molecule has 3 nitrogen and oxygen atoms in total. The van der Waals surface area contributed by atoms with Gasteiger partial charge in [0.25, 0.3) is 0 Å². The van der Waals surface area contributed by atoms with E-state index in [0.717, 1.165) is 16.9 Å². The second-order valence-corrected chi connectivity index (χ2v) is 3.01. The summed E-state index contributed by atoms with van der Waals surface area (Å²) in [5, 5.41) is 17.2. The Morgan fingerprint density at radius 3 is 2.53 bits per heavy atom. The molecule has 0 heterocycles. The Labute approximate surface area is 88.8 Å². The number of nitrogens with zero attached hydrogens (tertiary/aromatic N) is 2. The molecule has 0 amide bonds. The van der Waals surface area contributed by atoms with Crippen LogP contribution in [0.15, 0.2) is 23.8 Å². The van der Waals surface area contributed by atoms with Gasteiger partial charge in [0.05, 0.1) is 7.11 Å². The van der Waals surface area contributed by atoms with Gasteiger partial charge in [0.1, 0.15) is 23.5 Å². The zero-order valence-electron chi connectivity index (χ0n) is 8.61. The van der Waals surface area contributed by atoms with Gasteiger partial charge < -0.3 is 4.74 Å². The first kappa shape index (κ1) is 10.8. The Hall–Kier alpha value is -2.26. The summed E-state index contributed by atoms with van der Waals surface area (Å²) in [6.07, 6.45) is 1.53. The molecule has 0 spiro atoms. The van der Waals surface area contributed by atoms with Gasteiger partial charge in [0.15, 0.2) is 0 Å². The molecular formula is C12H10N2O. The summed E-state index contributed by atoms with van der Waals surface area (Å²) < 4.78 is 5.14. The third kappa shape index (κ3) is 2.59. The number of rotatable bonds is 2. The van der Waals surface area contributed by atoms with Gasteiger partial charge >= 0.3 is 0 Å². The van der Waals surface area contributed by atoms with E-state index >= 15 is 0 Å². The van der Waals surface area contributed by atoms with Crippen molar-refractivity contribution in [3.05, 3.63) is 34.9 Å². The molecule has 0 bridgehead atoms. The molecule has 1 aromatic rings. The summed E-state index contributed by atoms with van der Waals surface area (Å²) in [7, 11) is 1.59. The lowest BCUT2D eigenvalue weighted by Gasteiger charge is -2.04. The molecule has 0 aromatic heterocycles. The molecule has 0 unspecified atom stereocenters. The summed E-state index contributed by atoms with van der Waals surface area (Å²) >= 11 is 0. The zero-order valence-corrected chi connectivity index (χ0v) is 8.61. The molecule has 0 radical (unpaired) electrons. The topological polar surface area (TPSA) is 56.8 Å². The highest BCUT2D eigenvalue weighted by molar-refractivity contribution is 5.63. The van der Waals surface area contributed by atoms with Gasteiger partial charge in [0, 0.05) is 0 Å². The Bertz CT molecular complexity index is 459. The van der Waals surface area contributed by atoms with E-state index in [1.807, 2.05) is 31.2 Å². The van der Waals surface area contributed by atoms with Crippen LogP contribution in [-0.4, -0.2) is 7.11 Å². The number of methoxy groups -OCH3 is 1. The van der Waals surface area contributed by atoms with E-state index in [1.54, 1.807) is 13.2 Å². The Balaban J connectivity index is 3.14. The SMILES string of the molecule is COc1cc(C=C(C#N)C#N)ccc1C. The van der Waals surface area contributed by atoms with Gasteiger partial charge in [-0.2, -0.15) is 10.5 Å². The molecule has 0 saturated carbocycles. The van der Waals surface area contributed by atoms with Crippen LogP contribution in [0.2, 0.25) is 0 Å². The summed E-state index contributed by atoms with van der Waals surface area (Å²) in [5.41, 5.74) is 1.89. The second kappa shape index (κ2) is 4.83. The summed E-state index contributed by atoms with van der Waals surface area (Å²) in [6.45, 7) is 1.93. The zero-order chi connectivity index (χ0) is 11.3. The van der Waals surface area contributed by atoms with Crippen molar-refractivity contribution in [2.75, 3.05) is 7.11 Å². The van der Waals surface area contributed by atoms with Crippen LogP contribution in [-0.2, 0) is 0 Å². The third-order valence-electron chi connectivity index (χ3n) is 1.98. The summed E-state index contributed by atoms with van der Waals surface area (Å²) in [6, 6.07) is 9.14. The molecule has 0 saturated heterocycles. The molecule has 0 fully saturated rings. The second-order valence-electron chi connectivity index (χ2n) is 3.01. The molecule has 1 rings (SSSR count). The monoisotopic (exact) mass is 198 g/mol. The van der Waals surface area contributed by atoms with E-state index in [0.29, 0.717) is 0 Å². The molecule has 3 heteroatoms. The molecule has 0 aliphatic heterocycles. The predicted octanol–water partition coefficient (Wildman–Crippen LogP) is 2.43. The normalized spacial score (nSPS) is 8.53. The van der Waals surface area contributed by atoms with Crippen LogP contribution in [0.25, 0.3) is 6.08 Å². The molecule has 0 N–H and O–H groups in total. The van der Waals surface area contributed by atoms with Crippen molar-refractivity contribution in [3.63, 3.8) is 0 Å². The number of allylic oxidation sites excluding steroid dienone is 1. The standard InChI is InChI=1S/C12H10N2O/c1-9-3-4-10(6-12(9)15-2)5-11(7-13)8-14/h3-6H,1-2H3. The fraction of sp³-hybridized carbons (Fsp3) is 0.167. The third-order valence-corrected chi connectivity index (χ3v) is 1.98. The van der Waals surface area contributed by atoms with Crippen molar-refractivity contribution in [2.45, 2.75) is 6.92 Å². The molecule has 0 aliphatic carbocycles. The number of nitriles is 2. The van der Waals surface area contributed by atoms with E-state index < -0.39 is 0 Å². The largest absolute Gasteiger partial charge is 0.496 e. The first-order chi connectivity index (χ1) is 7.21. The minimum absolute atomic E-state index is 0.0842. The predicted molar refractivity (Wildman–Crippen MR) is 56.9 cm³/mol. The lowest BCUT2D eigenvalue weighted by atomic mass is 10.1. The Morgan fingerprint density at radius 2 is 2.00 bits per heavy atom. The first-order valence-corrected chi connectivity index (χ1v) is 4.37. The average Bonchev–Trinajstić information content (AvgIpc) is 2.28. The minimum Gasteiger partial charge on any atom is -0.496 e. The van der Waals surface area contributed by atoms with Gasteiger partial charge in [0.2, 0.25) is 0 Å². The smallest absolute Gasteiger partial charge is 0.130 e. The van der Waals surface area contributed by atoms with Crippen LogP contribution < -0.4 is 4.74 Å². The van der Waals surface area contributed by atoms with E-state index in [9.17, 15) is 0 Å². The van der Waals surface area contributed by atoms with Crippen LogP contribution in [0.4, 0.5) is 0 Å². The van der Waals surface area contributed by atoms with Crippen molar-refractivity contribution in [1.29, 1.82) is 10.5 Å².